The summed E-state index contributed by atoms with van der Waals surface area (Å²) >= 11 is 5.50. The van der Waals surface area contributed by atoms with Crippen molar-refractivity contribution in [2.75, 3.05) is 75.8 Å². The van der Waals surface area contributed by atoms with Gasteiger partial charge in [0.05, 0.1) is 0 Å². The zero-order valence-corrected chi connectivity index (χ0v) is 40.1. The highest BCUT2D eigenvalue weighted by Gasteiger charge is 2.22. The van der Waals surface area contributed by atoms with E-state index in [2.05, 4.69) is 70.3 Å². The van der Waals surface area contributed by atoms with Crippen LogP contribution in [0.5, 0.6) is 0 Å². The minimum absolute atomic E-state index is 0. The Labute approximate surface area is 384 Å². The average Bonchev–Trinajstić information content (AvgIpc) is 3.24. The monoisotopic (exact) mass is 902 g/mol. The molecular formula is C47H77Cl2N9O4. The van der Waals surface area contributed by atoms with Crippen LogP contribution in [0.4, 0.5) is 21.0 Å². The number of nitrogens with one attached hydrogen (secondary N) is 4. The third-order valence-corrected chi connectivity index (χ3v) is 10.9. The number of ether oxygens (including phenoxy) is 2. The van der Waals surface area contributed by atoms with Gasteiger partial charge in [0.1, 0.15) is 11.2 Å². The number of aromatic nitrogens is 3. The van der Waals surface area contributed by atoms with E-state index in [4.69, 9.17) is 21.1 Å². The number of hydrogen-bond donors (Lipinski definition) is 4. The summed E-state index contributed by atoms with van der Waals surface area (Å²) in [4.78, 5) is 39.7. The van der Waals surface area contributed by atoms with E-state index in [1.54, 1.807) is 24.5 Å². The molecule has 3 aromatic rings. The molecule has 0 saturated carbocycles. The first-order chi connectivity index (χ1) is 29.2. The van der Waals surface area contributed by atoms with Crippen LogP contribution in [0.3, 0.4) is 0 Å². The molecule has 3 saturated heterocycles. The molecule has 0 spiro atoms. The van der Waals surface area contributed by atoms with Crippen molar-refractivity contribution in [1.82, 2.24) is 36.2 Å². The number of amides is 2. The molecule has 3 aromatic heterocycles. The van der Waals surface area contributed by atoms with Crippen molar-refractivity contribution in [3.05, 3.63) is 78.6 Å². The largest absolute Gasteiger partial charge is 0.444 e. The number of carbonyl (C=O) groups excluding carboxylic acids is 2. The highest BCUT2D eigenvalue weighted by atomic mass is 35.5. The second kappa shape index (κ2) is 30.2. The van der Waals surface area contributed by atoms with Crippen molar-refractivity contribution in [1.29, 1.82) is 0 Å². The minimum Gasteiger partial charge on any atom is -0.444 e. The molecule has 62 heavy (non-hydrogen) atoms. The van der Waals surface area contributed by atoms with E-state index < -0.39 is 11.2 Å². The maximum atomic E-state index is 11.6. The molecule has 4 N–H and O–H groups in total. The van der Waals surface area contributed by atoms with Gasteiger partial charge in [-0.2, -0.15) is 0 Å². The second-order valence-corrected chi connectivity index (χ2v) is 18.4. The van der Waals surface area contributed by atoms with Gasteiger partial charge >= 0.3 is 12.2 Å². The number of hydrogen-bond acceptors (Lipinski definition) is 11. The Kier molecular flexibility index (Phi) is 26.4. The lowest BCUT2D eigenvalue weighted by atomic mass is 9.93. The summed E-state index contributed by atoms with van der Waals surface area (Å²) in [5, 5.41) is 13.0. The van der Waals surface area contributed by atoms with Gasteiger partial charge in [-0.05, 0) is 180 Å². The Balaban J connectivity index is 0.000000298. The molecule has 3 fully saturated rings. The Morgan fingerprint density at radius 3 is 1.27 bits per heavy atom. The van der Waals surface area contributed by atoms with Crippen molar-refractivity contribution in [2.24, 2.45) is 17.8 Å². The lowest BCUT2D eigenvalue weighted by molar-refractivity contribution is 0.0512. The molecule has 0 aliphatic carbocycles. The molecule has 0 unspecified atom stereocenters. The molecule has 2 amide bonds. The first kappa shape index (κ1) is 54.2. The van der Waals surface area contributed by atoms with E-state index in [-0.39, 0.29) is 24.6 Å². The molecular weight excluding hydrogens is 825 g/mol. The zero-order chi connectivity index (χ0) is 44.4. The highest BCUT2D eigenvalue weighted by molar-refractivity contribution is 6.30. The molecule has 3 aliphatic rings. The predicted octanol–water partition coefficient (Wildman–Crippen LogP) is 9.18. The van der Waals surface area contributed by atoms with Crippen LogP contribution in [-0.4, -0.2) is 104 Å². The summed E-state index contributed by atoms with van der Waals surface area (Å²) in [5.74, 6) is 2.33. The Bertz CT molecular complexity index is 1580. The number of anilines is 2. The van der Waals surface area contributed by atoms with E-state index in [0.29, 0.717) is 12.5 Å². The summed E-state index contributed by atoms with van der Waals surface area (Å²) in [6.07, 6.45) is 20.9. The fourth-order valence-electron chi connectivity index (χ4n) is 7.31. The second-order valence-electron chi connectivity index (χ2n) is 18.0. The van der Waals surface area contributed by atoms with E-state index in [9.17, 15) is 9.59 Å². The molecule has 0 atom stereocenters. The van der Waals surface area contributed by atoms with Crippen LogP contribution in [0.15, 0.2) is 73.6 Å². The van der Waals surface area contributed by atoms with Crippen molar-refractivity contribution in [2.45, 2.75) is 111 Å². The predicted molar refractivity (Wildman–Crippen MR) is 257 cm³/mol. The molecule has 3 aliphatic heterocycles. The average molecular weight is 903 g/mol. The summed E-state index contributed by atoms with van der Waals surface area (Å²) in [6, 6.07) is 11.8. The first-order valence-electron chi connectivity index (χ1n) is 22.3. The number of rotatable bonds is 11. The summed E-state index contributed by atoms with van der Waals surface area (Å²) in [7, 11) is 2.03. The van der Waals surface area contributed by atoms with Gasteiger partial charge in [-0.25, -0.2) is 9.59 Å². The molecule has 0 aromatic carbocycles. The summed E-state index contributed by atoms with van der Waals surface area (Å²) in [5.41, 5.74) is 1.74. The van der Waals surface area contributed by atoms with Gasteiger partial charge in [0, 0.05) is 92.8 Å². The molecule has 15 heteroatoms. The van der Waals surface area contributed by atoms with E-state index in [1.165, 1.54) is 69.4 Å². The van der Waals surface area contributed by atoms with Crippen molar-refractivity contribution >= 4 is 47.6 Å². The van der Waals surface area contributed by atoms with Crippen LogP contribution in [0.1, 0.15) is 99.3 Å². The smallest absolute Gasteiger partial charge is 0.407 e. The molecule has 0 radical (unpaired) electrons. The van der Waals surface area contributed by atoms with E-state index in [0.717, 1.165) is 69.0 Å². The third kappa shape index (κ3) is 25.3. The maximum Gasteiger partial charge on any atom is 0.407 e. The van der Waals surface area contributed by atoms with Gasteiger partial charge in [0.2, 0.25) is 0 Å². The van der Waals surface area contributed by atoms with Gasteiger partial charge < -0.3 is 40.5 Å². The Hall–Kier alpha value is -3.91. The maximum absolute atomic E-state index is 11.6. The van der Waals surface area contributed by atoms with E-state index >= 15 is 0 Å². The van der Waals surface area contributed by atoms with Crippen LogP contribution in [0, 0.1) is 17.8 Å². The van der Waals surface area contributed by atoms with Crippen LogP contribution in [0.25, 0.3) is 0 Å². The van der Waals surface area contributed by atoms with Gasteiger partial charge in [0.15, 0.2) is 0 Å². The number of pyridine rings is 3. The standard InChI is InChI=1S/C17H27N3O2.C13H21N3.C12H24N2O2.C5H4ClN.ClH/c1-17(2,3)22-16(21)19-11-4-14-7-12-20(13-8-14)15-5-9-18-10-6-15;1-14-7-2-12-5-10-16(11-6-12)13-3-8-15-9-4-13;1-12(2,3)16-11(15)14-9-6-10-4-7-13-8-5-10;6-5-1-3-7-4-2-5;/h5-6,9-10,14H,4,7-8,11-13H2,1-3H3,(H,19,21);3-4,8-9,12,14H,2,5-7,10-11H2,1H3;10,13H,4-9H2,1-3H3,(H,14,15);1-4H;1H. The molecule has 348 valence electrons. The fraction of sp³-hybridized carbons (Fsp3) is 0.638. The quantitative estimate of drug-likeness (QED) is 0.146. The van der Waals surface area contributed by atoms with Gasteiger partial charge in [-0.1, -0.05) is 11.6 Å². The lowest BCUT2D eigenvalue weighted by Gasteiger charge is -2.33. The van der Waals surface area contributed by atoms with Crippen LogP contribution >= 0.6 is 24.0 Å². The van der Waals surface area contributed by atoms with Gasteiger partial charge in [0.25, 0.3) is 0 Å². The summed E-state index contributed by atoms with van der Waals surface area (Å²) in [6.45, 7) is 20.6. The number of nitrogens with zero attached hydrogens (tertiary/aromatic N) is 5. The SMILES string of the molecule is CC(C)(C)OC(=O)NCCC1CCN(c2ccncc2)CC1.CC(C)(C)OC(=O)NCCC1CCNCC1.CNCCC1CCN(c2ccncc2)CC1.Cl.Clc1ccncc1. The number of piperidine rings is 3. The van der Waals surface area contributed by atoms with Crippen molar-refractivity contribution in [3.8, 4) is 0 Å². The molecule has 6 rings (SSSR count). The van der Waals surface area contributed by atoms with Crippen LogP contribution < -0.4 is 31.1 Å². The fourth-order valence-corrected chi connectivity index (χ4v) is 7.42. The zero-order valence-electron chi connectivity index (χ0n) is 38.5. The number of carbonyl (C=O) groups is 2. The van der Waals surface area contributed by atoms with Crippen molar-refractivity contribution < 1.29 is 19.1 Å². The third-order valence-electron chi connectivity index (χ3n) is 10.6. The number of halogens is 2. The van der Waals surface area contributed by atoms with Gasteiger partial charge in [-0.3, -0.25) is 15.0 Å². The highest BCUT2D eigenvalue weighted by Crippen LogP contribution is 2.25. The number of alkyl carbamates (subject to hydrolysis) is 2. The van der Waals surface area contributed by atoms with E-state index in [1.807, 2.05) is 73.4 Å². The molecule has 0 bridgehead atoms. The van der Waals surface area contributed by atoms with Crippen molar-refractivity contribution in [3.63, 3.8) is 0 Å². The molecule has 13 nitrogen and oxygen atoms in total. The van der Waals surface area contributed by atoms with Crippen LogP contribution in [-0.2, 0) is 9.47 Å². The lowest BCUT2D eigenvalue weighted by Crippen LogP contribution is -2.36. The normalized spacial score (nSPS) is 16.1. The Morgan fingerprint density at radius 2 is 0.952 bits per heavy atom. The minimum atomic E-state index is -0.431. The van der Waals surface area contributed by atoms with Gasteiger partial charge in [-0.15, -0.1) is 12.4 Å². The summed E-state index contributed by atoms with van der Waals surface area (Å²) < 4.78 is 10.4. The molecule has 6 heterocycles. The van der Waals surface area contributed by atoms with Crippen LogP contribution in [0.2, 0.25) is 5.02 Å². The first-order valence-corrected chi connectivity index (χ1v) is 22.7. The topological polar surface area (TPSA) is 146 Å². The Morgan fingerprint density at radius 1 is 0.613 bits per heavy atom.